The summed E-state index contributed by atoms with van der Waals surface area (Å²) in [4.78, 5) is 11.4. The maximum absolute atomic E-state index is 11.4. The number of hydrogen-bond donors (Lipinski definition) is 0. The van der Waals surface area contributed by atoms with E-state index in [1.165, 1.54) is 5.56 Å². The molecule has 0 aliphatic carbocycles. The van der Waals surface area contributed by atoms with Gasteiger partial charge < -0.3 is 4.74 Å². The highest BCUT2D eigenvalue weighted by atomic mass is 16.5. The van der Waals surface area contributed by atoms with E-state index in [9.17, 15) is 4.79 Å². The summed E-state index contributed by atoms with van der Waals surface area (Å²) >= 11 is 0. The van der Waals surface area contributed by atoms with Crippen LogP contribution in [0, 0.1) is 6.92 Å². The molecule has 2 nitrogen and oxygen atoms in total. The molecule has 2 rings (SSSR count). The average molecular weight is 176 g/mol. The Labute approximate surface area is 77.5 Å². The van der Waals surface area contributed by atoms with Crippen molar-refractivity contribution in [2.45, 2.75) is 26.4 Å². The average Bonchev–Trinajstić information content (AvgIpc) is 2.07. The number of fused-ring (bicyclic) bond motifs is 1. The Morgan fingerprint density at radius 3 is 3.00 bits per heavy atom. The van der Waals surface area contributed by atoms with E-state index in [0.29, 0.717) is 0 Å². The molecule has 68 valence electrons. The fourth-order valence-corrected chi connectivity index (χ4v) is 1.74. The third kappa shape index (κ3) is 1.32. The molecule has 1 aromatic carbocycles. The van der Waals surface area contributed by atoms with E-state index in [-0.39, 0.29) is 12.1 Å². The lowest BCUT2D eigenvalue weighted by Gasteiger charge is -2.22. The number of aryl methyl sites for hydroxylation is 1. The first-order valence-corrected chi connectivity index (χ1v) is 4.48. The molecule has 1 heterocycles. The summed E-state index contributed by atoms with van der Waals surface area (Å²) in [5, 5.41) is 0. The molecule has 0 aromatic heterocycles. The van der Waals surface area contributed by atoms with Crippen LogP contribution >= 0.6 is 0 Å². The first kappa shape index (κ1) is 8.30. The van der Waals surface area contributed by atoms with Gasteiger partial charge in [-0.1, -0.05) is 12.1 Å². The molecule has 1 aliphatic heterocycles. The molecule has 0 spiro atoms. The van der Waals surface area contributed by atoms with Crippen molar-refractivity contribution in [1.82, 2.24) is 0 Å². The summed E-state index contributed by atoms with van der Waals surface area (Å²) in [7, 11) is 0. The second-order valence-corrected chi connectivity index (χ2v) is 3.52. The summed E-state index contributed by atoms with van der Waals surface area (Å²) in [6, 6.07) is 5.76. The van der Waals surface area contributed by atoms with E-state index in [1.807, 2.05) is 32.0 Å². The van der Waals surface area contributed by atoms with Gasteiger partial charge in [0.05, 0.1) is 5.56 Å². The van der Waals surface area contributed by atoms with E-state index in [2.05, 4.69) is 0 Å². The second-order valence-electron chi connectivity index (χ2n) is 3.52. The molecular weight excluding hydrogens is 164 g/mol. The molecule has 0 fully saturated rings. The molecule has 0 radical (unpaired) electrons. The minimum Gasteiger partial charge on any atom is -0.459 e. The molecule has 2 heteroatoms. The first-order chi connectivity index (χ1) is 6.18. The van der Waals surface area contributed by atoms with Crippen LogP contribution in [0.3, 0.4) is 0 Å². The number of benzene rings is 1. The summed E-state index contributed by atoms with van der Waals surface area (Å²) in [6.45, 7) is 3.96. The maximum Gasteiger partial charge on any atom is 0.338 e. The first-order valence-electron chi connectivity index (χ1n) is 4.48. The molecule has 0 unspecified atom stereocenters. The summed E-state index contributed by atoms with van der Waals surface area (Å²) in [6.07, 6.45) is 0.856. The van der Waals surface area contributed by atoms with Crippen molar-refractivity contribution < 1.29 is 9.53 Å². The molecule has 0 saturated carbocycles. The van der Waals surface area contributed by atoms with Gasteiger partial charge in [-0.2, -0.15) is 0 Å². The van der Waals surface area contributed by atoms with Gasteiger partial charge in [-0.3, -0.25) is 0 Å². The van der Waals surface area contributed by atoms with Gasteiger partial charge in [0.15, 0.2) is 0 Å². The highest BCUT2D eigenvalue weighted by molar-refractivity contribution is 5.92. The van der Waals surface area contributed by atoms with Crippen molar-refractivity contribution in [3.63, 3.8) is 0 Å². The van der Waals surface area contributed by atoms with Gasteiger partial charge in [0, 0.05) is 6.42 Å². The van der Waals surface area contributed by atoms with Gasteiger partial charge in [0.1, 0.15) is 6.10 Å². The van der Waals surface area contributed by atoms with Crippen LogP contribution < -0.4 is 0 Å². The van der Waals surface area contributed by atoms with E-state index >= 15 is 0 Å². The van der Waals surface area contributed by atoms with E-state index in [4.69, 9.17) is 4.74 Å². The van der Waals surface area contributed by atoms with Crippen LogP contribution in [0.25, 0.3) is 0 Å². The number of esters is 1. The zero-order valence-corrected chi connectivity index (χ0v) is 7.83. The Morgan fingerprint density at radius 1 is 1.46 bits per heavy atom. The van der Waals surface area contributed by atoms with Gasteiger partial charge in [-0.25, -0.2) is 4.79 Å². The van der Waals surface area contributed by atoms with Crippen molar-refractivity contribution in [3.8, 4) is 0 Å². The van der Waals surface area contributed by atoms with E-state index in [1.54, 1.807) is 0 Å². The fourth-order valence-electron chi connectivity index (χ4n) is 1.74. The molecule has 0 bridgehead atoms. The lowest BCUT2D eigenvalue weighted by Crippen LogP contribution is -2.25. The second kappa shape index (κ2) is 2.87. The molecule has 0 amide bonds. The Balaban J connectivity index is 2.55. The van der Waals surface area contributed by atoms with Crippen molar-refractivity contribution >= 4 is 5.97 Å². The van der Waals surface area contributed by atoms with Crippen molar-refractivity contribution in [2.24, 2.45) is 0 Å². The van der Waals surface area contributed by atoms with Crippen LogP contribution in [0.4, 0.5) is 0 Å². The smallest absolute Gasteiger partial charge is 0.338 e. The topological polar surface area (TPSA) is 26.3 Å². The number of cyclic esters (lactones) is 1. The largest absolute Gasteiger partial charge is 0.459 e. The monoisotopic (exact) mass is 176 g/mol. The normalized spacial score (nSPS) is 20.8. The predicted octanol–water partition coefficient (Wildman–Crippen LogP) is 2.10. The summed E-state index contributed by atoms with van der Waals surface area (Å²) < 4.78 is 5.13. The van der Waals surface area contributed by atoms with Crippen LogP contribution in [0.5, 0.6) is 0 Å². The van der Waals surface area contributed by atoms with E-state index < -0.39 is 0 Å². The number of rotatable bonds is 0. The minimum atomic E-state index is -0.183. The standard InChI is InChI=1S/C11H12O2/c1-7-4-3-5-9-10(7)6-8(2)13-11(9)12/h3-5,8H,6H2,1-2H3/t8-/m0/s1. The fraction of sp³-hybridized carbons (Fsp3) is 0.364. The molecule has 1 atom stereocenters. The van der Waals surface area contributed by atoms with Crippen LogP contribution in [-0.4, -0.2) is 12.1 Å². The summed E-state index contributed by atoms with van der Waals surface area (Å²) in [5.41, 5.74) is 3.06. The van der Waals surface area contributed by atoms with Gasteiger partial charge >= 0.3 is 5.97 Å². The van der Waals surface area contributed by atoms with Gasteiger partial charge in [0.2, 0.25) is 0 Å². The van der Waals surface area contributed by atoms with Crippen LogP contribution in [0.15, 0.2) is 18.2 Å². The van der Waals surface area contributed by atoms with Crippen molar-refractivity contribution in [3.05, 3.63) is 34.9 Å². The van der Waals surface area contributed by atoms with Crippen molar-refractivity contribution in [2.75, 3.05) is 0 Å². The van der Waals surface area contributed by atoms with Gasteiger partial charge in [-0.05, 0) is 31.0 Å². The van der Waals surface area contributed by atoms with E-state index in [0.717, 1.165) is 17.5 Å². The highest BCUT2D eigenvalue weighted by Gasteiger charge is 2.23. The lowest BCUT2D eigenvalue weighted by atomic mass is 9.95. The van der Waals surface area contributed by atoms with Gasteiger partial charge in [-0.15, -0.1) is 0 Å². The number of hydrogen-bond acceptors (Lipinski definition) is 2. The minimum absolute atomic E-state index is 0.0149. The zero-order chi connectivity index (χ0) is 9.42. The van der Waals surface area contributed by atoms with Crippen molar-refractivity contribution in [1.29, 1.82) is 0 Å². The molecular formula is C11H12O2. The molecule has 13 heavy (non-hydrogen) atoms. The van der Waals surface area contributed by atoms with Crippen LogP contribution in [0.2, 0.25) is 0 Å². The molecule has 1 aliphatic rings. The Bertz CT molecular complexity index is 355. The lowest BCUT2D eigenvalue weighted by molar-refractivity contribution is 0.0300. The number of ether oxygens (including phenoxy) is 1. The SMILES string of the molecule is Cc1cccc2c1C[C@H](C)OC2=O. The van der Waals surface area contributed by atoms with Crippen LogP contribution in [-0.2, 0) is 11.2 Å². The predicted molar refractivity (Wildman–Crippen MR) is 49.8 cm³/mol. The molecule has 1 aromatic rings. The third-order valence-electron chi connectivity index (χ3n) is 2.43. The third-order valence-corrected chi connectivity index (χ3v) is 2.43. The van der Waals surface area contributed by atoms with Crippen LogP contribution in [0.1, 0.15) is 28.4 Å². The zero-order valence-electron chi connectivity index (χ0n) is 7.83. The molecule has 0 saturated heterocycles. The maximum atomic E-state index is 11.4. The van der Waals surface area contributed by atoms with Gasteiger partial charge in [0.25, 0.3) is 0 Å². The highest BCUT2D eigenvalue weighted by Crippen LogP contribution is 2.23. The Hall–Kier alpha value is -1.31. The molecule has 0 N–H and O–H groups in total. The Morgan fingerprint density at radius 2 is 2.23 bits per heavy atom. The summed E-state index contributed by atoms with van der Waals surface area (Å²) in [5.74, 6) is -0.183. The quantitative estimate of drug-likeness (QED) is 0.566. The number of carbonyl (C=O) groups excluding carboxylic acids is 1. The Kier molecular flexibility index (Phi) is 1.83. The number of carbonyl (C=O) groups is 1.